The smallest absolute Gasteiger partial charge is 0.293 e. The molecule has 2 aromatic rings. The van der Waals surface area contributed by atoms with Gasteiger partial charge in [-0.15, -0.1) is 0 Å². The van der Waals surface area contributed by atoms with Crippen molar-refractivity contribution < 1.29 is 4.79 Å². The molecule has 0 atom stereocenters. The van der Waals surface area contributed by atoms with Gasteiger partial charge in [0.05, 0.1) is 6.54 Å². The molecule has 18 heavy (non-hydrogen) atoms. The minimum atomic E-state index is -0.581. The van der Waals surface area contributed by atoms with Crippen LogP contribution in [0, 0.1) is 6.92 Å². The van der Waals surface area contributed by atoms with Gasteiger partial charge in [0.15, 0.2) is 5.78 Å². The first kappa shape index (κ1) is 12.0. The summed E-state index contributed by atoms with van der Waals surface area (Å²) in [6.07, 6.45) is 1.31. The van der Waals surface area contributed by atoms with E-state index in [9.17, 15) is 14.4 Å². The number of carbonyl (C=O) groups is 1. The van der Waals surface area contributed by atoms with E-state index in [1.165, 1.54) is 16.8 Å². The van der Waals surface area contributed by atoms with Crippen LogP contribution in [-0.4, -0.2) is 15.3 Å². The fourth-order valence-electron chi connectivity index (χ4n) is 1.55. The van der Waals surface area contributed by atoms with Crippen LogP contribution < -0.4 is 11.2 Å². The predicted molar refractivity (Wildman–Crippen MR) is 66.8 cm³/mol. The van der Waals surface area contributed by atoms with Gasteiger partial charge >= 0.3 is 5.69 Å². The van der Waals surface area contributed by atoms with Crippen molar-refractivity contribution in [1.29, 1.82) is 0 Å². The fraction of sp³-hybridized carbons (Fsp3) is 0.154. The maximum atomic E-state index is 11.9. The van der Waals surface area contributed by atoms with E-state index in [1.807, 2.05) is 19.1 Å². The summed E-state index contributed by atoms with van der Waals surface area (Å²) in [7, 11) is 0. The molecule has 0 aliphatic carbocycles. The topological polar surface area (TPSA) is 71.9 Å². The van der Waals surface area contributed by atoms with Crippen molar-refractivity contribution in [2.75, 3.05) is 0 Å². The molecule has 2 rings (SSSR count). The zero-order valence-electron chi connectivity index (χ0n) is 9.84. The van der Waals surface area contributed by atoms with Gasteiger partial charge in [-0.2, -0.15) is 0 Å². The lowest BCUT2D eigenvalue weighted by Gasteiger charge is -2.04. The standard InChI is InChI=1S/C13H12N2O3/c1-9-2-4-10(5-3-9)11(16)8-15-7-6-12(17)14-13(15)18/h2-7H,8H2,1H3,(H,14,17,18). The van der Waals surface area contributed by atoms with Crippen LogP contribution in [0.15, 0.2) is 46.1 Å². The number of Topliss-reactive ketones (excluding diaryl/α,β-unsaturated/α-hetero) is 1. The molecule has 0 bridgehead atoms. The van der Waals surface area contributed by atoms with Gasteiger partial charge in [0.2, 0.25) is 0 Å². The summed E-state index contributed by atoms with van der Waals surface area (Å²) in [6, 6.07) is 8.32. The number of hydrogen-bond donors (Lipinski definition) is 1. The highest BCUT2D eigenvalue weighted by atomic mass is 16.2. The number of ketones is 1. The second-order valence-corrected chi connectivity index (χ2v) is 4.03. The highest BCUT2D eigenvalue weighted by molar-refractivity contribution is 5.95. The Balaban J connectivity index is 2.24. The molecule has 1 aromatic carbocycles. The van der Waals surface area contributed by atoms with Crippen LogP contribution >= 0.6 is 0 Å². The third-order valence-electron chi connectivity index (χ3n) is 2.58. The molecule has 5 heteroatoms. The number of aryl methyl sites for hydroxylation is 1. The normalized spacial score (nSPS) is 10.3. The fourth-order valence-corrected chi connectivity index (χ4v) is 1.55. The highest BCUT2D eigenvalue weighted by Crippen LogP contribution is 2.04. The molecule has 0 aliphatic rings. The van der Waals surface area contributed by atoms with E-state index in [0.29, 0.717) is 5.56 Å². The van der Waals surface area contributed by atoms with Crippen molar-refractivity contribution in [1.82, 2.24) is 9.55 Å². The van der Waals surface area contributed by atoms with Gasteiger partial charge in [0.1, 0.15) is 0 Å². The van der Waals surface area contributed by atoms with E-state index >= 15 is 0 Å². The van der Waals surface area contributed by atoms with Gasteiger partial charge in [0.25, 0.3) is 5.56 Å². The van der Waals surface area contributed by atoms with Crippen molar-refractivity contribution >= 4 is 5.78 Å². The summed E-state index contributed by atoms with van der Waals surface area (Å²) < 4.78 is 1.17. The van der Waals surface area contributed by atoms with Gasteiger partial charge in [-0.3, -0.25) is 19.1 Å². The monoisotopic (exact) mass is 244 g/mol. The Kier molecular flexibility index (Phi) is 3.23. The zero-order valence-corrected chi connectivity index (χ0v) is 9.84. The molecular weight excluding hydrogens is 232 g/mol. The summed E-state index contributed by atoms with van der Waals surface area (Å²) in [5.74, 6) is -0.177. The van der Waals surface area contributed by atoms with E-state index in [-0.39, 0.29) is 12.3 Å². The van der Waals surface area contributed by atoms with Crippen molar-refractivity contribution in [3.05, 3.63) is 68.5 Å². The number of nitrogens with zero attached hydrogens (tertiary/aromatic N) is 1. The largest absolute Gasteiger partial charge is 0.328 e. The molecule has 0 unspecified atom stereocenters. The Bertz CT molecular complexity index is 680. The molecule has 1 heterocycles. The lowest BCUT2D eigenvalue weighted by molar-refractivity contribution is 0.0970. The van der Waals surface area contributed by atoms with Crippen LogP contribution in [0.2, 0.25) is 0 Å². The number of nitrogens with one attached hydrogen (secondary N) is 1. The Morgan fingerprint density at radius 3 is 2.44 bits per heavy atom. The molecule has 92 valence electrons. The maximum absolute atomic E-state index is 11.9. The van der Waals surface area contributed by atoms with E-state index in [1.54, 1.807) is 12.1 Å². The molecule has 0 fully saturated rings. The lowest BCUT2D eigenvalue weighted by atomic mass is 10.1. The first-order chi connectivity index (χ1) is 8.56. The Morgan fingerprint density at radius 2 is 1.83 bits per heavy atom. The third kappa shape index (κ3) is 2.63. The first-order valence-electron chi connectivity index (χ1n) is 5.46. The number of hydrogen-bond acceptors (Lipinski definition) is 3. The number of rotatable bonds is 3. The number of aromatic nitrogens is 2. The van der Waals surface area contributed by atoms with E-state index in [2.05, 4.69) is 4.98 Å². The molecule has 0 spiro atoms. The summed E-state index contributed by atoms with van der Waals surface area (Å²) in [5, 5.41) is 0. The van der Waals surface area contributed by atoms with E-state index < -0.39 is 11.2 Å². The maximum Gasteiger partial charge on any atom is 0.328 e. The Labute approximate surface area is 103 Å². The van der Waals surface area contributed by atoms with Crippen LogP contribution in [0.3, 0.4) is 0 Å². The second kappa shape index (κ2) is 4.83. The van der Waals surface area contributed by atoms with E-state index in [0.717, 1.165) is 5.56 Å². The van der Waals surface area contributed by atoms with Crippen LogP contribution in [0.4, 0.5) is 0 Å². The second-order valence-electron chi connectivity index (χ2n) is 4.03. The van der Waals surface area contributed by atoms with Gasteiger partial charge in [-0.05, 0) is 6.92 Å². The molecule has 1 N–H and O–H groups in total. The van der Waals surface area contributed by atoms with E-state index in [4.69, 9.17) is 0 Å². The van der Waals surface area contributed by atoms with Crippen LogP contribution in [0.5, 0.6) is 0 Å². The molecule has 1 aromatic heterocycles. The summed E-state index contributed by atoms with van der Waals surface area (Å²) in [5.41, 5.74) is 0.549. The van der Waals surface area contributed by atoms with Crippen LogP contribution in [-0.2, 0) is 6.54 Å². The SMILES string of the molecule is Cc1ccc(C(=O)Cn2ccc(=O)[nH]c2=O)cc1. The minimum Gasteiger partial charge on any atom is -0.293 e. The summed E-state index contributed by atoms with van der Waals surface area (Å²) in [6.45, 7) is 1.85. The summed E-state index contributed by atoms with van der Waals surface area (Å²) in [4.78, 5) is 36.3. The molecule has 0 saturated carbocycles. The molecular formula is C13H12N2O3. The number of aromatic amines is 1. The quantitative estimate of drug-likeness (QED) is 0.809. The van der Waals surface area contributed by atoms with Gasteiger partial charge in [-0.25, -0.2) is 4.79 Å². The Hall–Kier alpha value is -2.43. The molecule has 0 amide bonds. The zero-order chi connectivity index (χ0) is 13.1. The van der Waals surface area contributed by atoms with Gasteiger partial charge < -0.3 is 0 Å². The van der Waals surface area contributed by atoms with Crippen molar-refractivity contribution in [3.63, 3.8) is 0 Å². The summed E-state index contributed by atoms with van der Waals surface area (Å²) >= 11 is 0. The molecule has 5 nitrogen and oxygen atoms in total. The van der Waals surface area contributed by atoms with Crippen LogP contribution in [0.25, 0.3) is 0 Å². The van der Waals surface area contributed by atoms with Crippen molar-refractivity contribution in [3.8, 4) is 0 Å². The average molecular weight is 244 g/mol. The number of benzene rings is 1. The Morgan fingerprint density at radius 1 is 1.17 bits per heavy atom. The predicted octanol–water partition coefficient (Wildman–Crippen LogP) is 0.728. The lowest BCUT2D eigenvalue weighted by Crippen LogP contribution is -2.30. The van der Waals surface area contributed by atoms with Gasteiger partial charge in [0, 0.05) is 17.8 Å². The first-order valence-corrected chi connectivity index (χ1v) is 5.46. The average Bonchev–Trinajstić information content (AvgIpc) is 2.33. The highest BCUT2D eigenvalue weighted by Gasteiger charge is 2.07. The molecule has 0 saturated heterocycles. The van der Waals surface area contributed by atoms with Crippen LogP contribution in [0.1, 0.15) is 15.9 Å². The minimum absolute atomic E-state index is 0.0846. The molecule has 0 radical (unpaired) electrons. The third-order valence-corrected chi connectivity index (χ3v) is 2.58. The van der Waals surface area contributed by atoms with Crippen molar-refractivity contribution in [2.45, 2.75) is 13.5 Å². The van der Waals surface area contributed by atoms with Crippen molar-refractivity contribution in [2.24, 2.45) is 0 Å². The number of H-pyrrole nitrogens is 1. The number of carbonyl (C=O) groups excluding carboxylic acids is 1. The van der Waals surface area contributed by atoms with Gasteiger partial charge in [-0.1, -0.05) is 29.8 Å². The molecule has 0 aliphatic heterocycles.